The van der Waals surface area contributed by atoms with Gasteiger partial charge in [0.05, 0.1) is 0 Å². The molecule has 20 heavy (non-hydrogen) atoms. The van der Waals surface area contributed by atoms with E-state index in [1.54, 1.807) is 0 Å². The summed E-state index contributed by atoms with van der Waals surface area (Å²) in [5.41, 5.74) is 3.52. The van der Waals surface area contributed by atoms with Gasteiger partial charge in [-0.25, -0.2) is 4.63 Å². The Morgan fingerprint density at radius 2 is 2.05 bits per heavy atom. The SMILES string of the molecule is Cc1nonc1CN1CCCC(C)(c2ccccc2)C1. The molecular weight excluding hydrogens is 250 g/mol. The molecule has 1 atom stereocenters. The van der Waals surface area contributed by atoms with E-state index in [0.717, 1.165) is 31.0 Å². The van der Waals surface area contributed by atoms with Crippen LogP contribution in [0.25, 0.3) is 0 Å². The van der Waals surface area contributed by atoms with Crippen LogP contribution >= 0.6 is 0 Å². The van der Waals surface area contributed by atoms with Gasteiger partial charge in [-0.05, 0) is 31.9 Å². The molecule has 0 aliphatic carbocycles. The van der Waals surface area contributed by atoms with E-state index in [1.807, 2.05) is 6.92 Å². The molecule has 0 N–H and O–H groups in total. The number of rotatable bonds is 3. The molecule has 0 spiro atoms. The summed E-state index contributed by atoms with van der Waals surface area (Å²) in [7, 11) is 0. The summed E-state index contributed by atoms with van der Waals surface area (Å²) < 4.78 is 4.80. The first-order valence-corrected chi connectivity index (χ1v) is 7.23. The van der Waals surface area contributed by atoms with Gasteiger partial charge in [-0.15, -0.1) is 0 Å². The lowest BCUT2D eigenvalue weighted by molar-refractivity contribution is 0.146. The average molecular weight is 271 g/mol. The van der Waals surface area contributed by atoms with Crippen molar-refractivity contribution in [3.05, 3.63) is 47.3 Å². The Balaban J connectivity index is 1.75. The first-order chi connectivity index (χ1) is 9.67. The second-order valence-corrected chi connectivity index (χ2v) is 6.04. The van der Waals surface area contributed by atoms with E-state index in [2.05, 4.69) is 52.5 Å². The summed E-state index contributed by atoms with van der Waals surface area (Å²) in [6.07, 6.45) is 2.46. The maximum atomic E-state index is 4.80. The average Bonchev–Trinajstić information content (AvgIpc) is 2.85. The predicted octanol–water partition coefficient (Wildman–Crippen LogP) is 2.93. The van der Waals surface area contributed by atoms with Crippen molar-refractivity contribution in [1.29, 1.82) is 0 Å². The number of piperidine rings is 1. The minimum absolute atomic E-state index is 0.227. The standard InChI is InChI=1S/C16H21N3O/c1-13-15(18-20-17-13)11-19-10-6-9-16(2,12-19)14-7-4-3-5-8-14/h3-5,7-8H,6,9-12H2,1-2H3. The van der Waals surface area contributed by atoms with Gasteiger partial charge in [-0.2, -0.15) is 0 Å². The predicted molar refractivity (Wildman–Crippen MR) is 77.3 cm³/mol. The first-order valence-electron chi connectivity index (χ1n) is 7.23. The van der Waals surface area contributed by atoms with Gasteiger partial charge in [0.15, 0.2) is 0 Å². The van der Waals surface area contributed by atoms with E-state index in [-0.39, 0.29) is 5.41 Å². The molecule has 0 radical (unpaired) electrons. The van der Waals surface area contributed by atoms with Crippen molar-refractivity contribution in [2.24, 2.45) is 0 Å². The monoisotopic (exact) mass is 271 g/mol. The van der Waals surface area contributed by atoms with Crippen molar-refractivity contribution in [1.82, 2.24) is 15.2 Å². The van der Waals surface area contributed by atoms with Crippen molar-refractivity contribution < 1.29 is 4.63 Å². The van der Waals surface area contributed by atoms with E-state index in [4.69, 9.17) is 4.63 Å². The Hall–Kier alpha value is -1.68. The number of likely N-dealkylation sites (tertiary alicyclic amines) is 1. The maximum Gasteiger partial charge on any atom is 0.122 e. The van der Waals surface area contributed by atoms with Crippen LogP contribution in [-0.4, -0.2) is 28.3 Å². The lowest BCUT2D eigenvalue weighted by Gasteiger charge is -2.40. The molecule has 1 aliphatic rings. The highest BCUT2D eigenvalue weighted by Gasteiger charge is 2.32. The summed E-state index contributed by atoms with van der Waals surface area (Å²) in [4.78, 5) is 2.46. The molecule has 2 heterocycles. The van der Waals surface area contributed by atoms with E-state index in [9.17, 15) is 0 Å². The fraction of sp³-hybridized carbons (Fsp3) is 0.500. The number of hydrogen-bond acceptors (Lipinski definition) is 4. The molecule has 4 heteroatoms. The molecule has 0 saturated carbocycles. The van der Waals surface area contributed by atoms with Crippen LogP contribution in [0.1, 0.15) is 36.7 Å². The molecule has 1 saturated heterocycles. The van der Waals surface area contributed by atoms with E-state index in [1.165, 1.54) is 18.4 Å². The van der Waals surface area contributed by atoms with Gasteiger partial charge >= 0.3 is 0 Å². The van der Waals surface area contributed by atoms with Crippen LogP contribution in [-0.2, 0) is 12.0 Å². The Kier molecular flexibility index (Phi) is 3.57. The van der Waals surface area contributed by atoms with Gasteiger partial charge < -0.3 is 0 Å². The van der Waals surface area contributed by atoms with Gasteiger partial charge in [-0.1, -0.05) is 47.6 Å². The molecule has 1 fully saturated rings. The molecule has 106 valence electrons. The zero-order valence-corrected chi connectivity index (χ0v) is 12.2. The van der Waals surface area contributed by atoms with E-state index in [0.29, 0.717) is 0 Å². The van der Waals surface area contributed by atoms with Crippen LogP contribution in [0.3, 0.4) is 0 Å². The number of aromatic nitrogens is 2. The summed E-state index contributed by atoms with van der Waals surface area (Å²) in [5, 5.41) is 7.87. The molecule has 1 unspecified atom stereocenters. The molecule has 1 aromatic heterocycles. The molecular formula is C16H21N3O. The van der Waals surface area contributed by atoms with Gasteiger partial charge in [0.1, 0.15) is 11.4 Å². The Labute approximate surface area is 119 Å². The fourth-order valence-corrected chi connectivity index (χ4v) is 3.16. The number of benzene rings is 1. The third-order valence-electron chi connectivity index (χ3n) is 4.37. The van der Waals surface area contributed by atoms with Gasteiger partial charge in [0.25, 0.3) is 0 Å². The summed E-state index contributed by atoms with van der Waals surface area (Å²) >= 11 is 0. The Bertz CT molecular complexity index is 566. The third-order valence-corrected chi connectivity index (χ3v) is 4.37. The molecule has 3 rings (SSSR count). The summed E-state index contributed by atoms with van der Waals surface area (Å²) in [5.74, 6) is 0. The van der Waals surface area contributed by atoms with Crippen molar-refractivity contribution in [3.63, 3.8) is 0 Å². The Morgan fingerprint density at radius 3 is 2.75 bits per heavy atom. The quantitative estimate of drug-likeness (QED) is 0.860. The van der Waals surface area contributed by atoms with Gasteiger partial charge in [0.2, 0.25) is 0 Å². The van der Waals surface area contributed by atoms with Crippen molar-refractivity contribution in [2.75, 3.05) is 13.1 Å². The maximum absolute atomic E-state index is 4.80. The molecule has 1 aromatic carbocycles. The zero-order valence-electron chi connectivity index (χ0n) is 12.2. The minimum atomic E-state index is 0.227. The lowest BCUT2D eigenvalue weighted by atomic mass is 9.76. The van der Waals surface area contributed by atoms with Crippen molar-refractivity contribution >= 4 is 0 Å². The molecule has 1 aliphatic heterocycles. The van der Waals surface area contributed by atoms with Crippen LogP contribution in [0.2, 0.25) is 0 Å². The minimum Gasteiger partial charge on any atom is -0.296 e. The third kappa shape index (κ3) is 2.61. The van der Waals surface area contributed by atoms with Crippen molar-refractivity contribution in [3.8, 4) is 0 Å². The van der Waals surface area contributed by atoms with Crippen LogP contribution in [0.5, 0.6) is 0 Å². The fourth-order valence-electron chi connectivity index (χ4n) is 3.16. The highest BCUT2D eigenvalue weighted by molar-refractivity contribution is 5.25. The smallest absolute Gasteiger partial charge is 0.122 e. The number of nitrogens with zero attached hydrogens (tertiary/aromatic N) is 3. The van der Waals surface area contributed by atoms with Gasteiger partial charge in [-0.3, -0.25) is 4.90 Å². The lowest BCUT2D eigenvalue weighted by Crippen LogP contribution is -2.44. The largest absolute Gasteiger partial charge is 0.296 e. The molecule has 0 bridgehead atoms. The molecule has 4 nitrogen and oxygen atoms in total. The molecule has 0 amide bonds. The Morgan fingerprint density at radius 1 is 1.25 bits per heavy atom. The number of hydrogen-bond donors (Lipinski definition) is 0. The van der Waals surface area contributed by atoms with Gasteiger partial charge in [0, 0.05) is 18.5 Å². The normalized spacial score (nSPS) is 23.9. The van der Waals surface area contributed by atoms with Crippen molar-refractivity contribution in [2.45, 2.75) is 38.6 Å². The highest BCUT2D eigenvalue weighted by Crippen LogP contribution is 2.34. The number of aryl methyl sites for hydroxylation is 1. The second kappa shape index (κ2) is 5.37. The van der Waals surface area contributed by atoms with E-state index < -0.39 is 0 Å². The van der Waals surface area contributed by atoms with Crippen LogP contribution in [0.4, 0.5) is 0 Å². The highest BCUT2D eigenvalue weighted by atomic mass is 16.6. The molecule has 2 aromatic rings. The summed E-state index contributed by atoms with van der Waals surface area (Å²) in [6.45, 7) is 7.32. The zero-order chi connectivity index (χ0) is 14.0. The summed E-state index contributed by atoms with van der Waals surface area (Å²) in [6, 6.07) is 10.8. The van der Waals surface area contributed by atoms with Crippen LogP contribution in [0.15, 0.2) is 35.0 Å². The van der Waals surface area contributed by atoms with Crippen LogP contribution in [0, 0.1) is 6.92 Å². The first kappa shape index (κ1) is 13.3. The second-order valence-electron chi connectivity index (χ2n) is 6.04. The van der Waals surface area contributed by atoms with E-state index >= 15 is 0 Å². The topological polar surface area (TPSA) is 42.2 Å². The van der Waals surface area contributed by atoms with Crippen LogP contribution < -0.4 is 0 Å².